The summed E-state index contributed by atoms with van der Waals surface area (Å²) in [6, 6.07) is -1.35. The fourth-order valence-electron chi connectivity index (χ4n) is 4.11. The van der Waals surface area contributed by atoms with Gasteiger partial charge >= 0.3 is 0 Å². The predicted octanol–water partition coefficient (Wildman–Crippen LogP) is 3.06. The molecule has 0 aromatic heterocycles. The van der Waals surface area contributed by atoms with Crippen molar-refractivity contribution in [1.82, 2.24) is 5.32 Å². The summed E-state index contributed by atoms with van der Waals surface area (Å²) in [6.07, 6.45) is 5.37. The van der Waals surface area contributed by atoms with Crippen LogP contribution in [0.4, 0.5) is 0 Å². The molecule has 1 rings (SSSR count). The number of amides is 1. The summed E-state index contributed by atoms with van der Waals surface area (Å²) in [5.41, 5.74) is 5.97. The number of aliphatic hydroxyl groups excluding tert-OH is 1. The van der Waals surface area contributed by atoms with E-state index in [1.807, 2.05) is 27.7 Å². The number of carbonyl (C=O) groups is 2. The third kappa shape index (κ3) is 9.59. The Balaban J connectivity index is 2.53. The number of nitrogens with two attached hydrogens (primary N) is 1. The van der Waals surface area contributed by atoms with Gasteiger partial charge in [-0.15, -0.1) is 0 Å². The molecule has 2 unspecified atom stereocenters. The lowest BCUT2D eigenvalue weighted by Crippen LogP contribution is -2.52. The van der Waals surface area contributed by atoms with E-state index >= 15 is 0 Å². The monoisotopic (exact) mass is 446 g/mol. The second-order valence-corrected chi connectivity index (χ2v) is 11.9. The maximum atomic E-state index is 12.7. The van der Waals surface area contributed by atoms with Gasteiger partial charge in [-0.1, -0.05) is 53.4 Å². The first kappa shape index (κ1) is 27.3. The smallest absolute Gasteiger partial charge is 0.237 e. The summed E-state index contributed by atoms with van der Waals surface area (Å²) < 4.78 is 12.5. The average molecular weight is 447 g/mol. The largest absolute Gasteiger partial charge is 0.393 e. The molecule has 0 aromatic rings. The van der Waals surface area contributed by atoms with Gasteiger partial charge in [0.25, 0.3) is 0 Å². The van der Waals surface area contributed by atoms with Gasteiger partial charge in [0.05, 0.1) is 24.3 Å². The van der Waals surface area contributed by atoms with E-state index in [-0.39, 0.29) is 54.6 Å². The molecule has 1 amide bonds. The summed E-state index contributed by atoms with van der Waals surface area (Å²) in [5.74, 6) is -0.368. The van der Waals surface area contributed by atoms with Crippen LogP contribution in [0.1, 0.15) is 79.1 Å². The maximum Gasteiger partial charge on any atom is 0.237 e. The molecular formula is C22H43N2O5P. The van der Waals surface area contributed by atoms with E-state index < -0.39 is 25.6 Å². The summed E-state index contributed by atoms with van der Waals surface area (Å²) in [4.78, 5) is 35.3. The Morgan fingerprint density at radius 1 is 1.17 bits per heavy atom. The van der Waals surface area contributed by atoms with Gasteiger partial charge in [-0.25, -0.2) is 0 Å². The first-order chi connectivity index (χ1) is 14.0. The van der Waals surface area contributed by atoms with Crippen LogP contribution in [0.25, 0.3) is 0 Å². The van der Waals surface area contributed by atoms with Gasteiger partial charge in [-0.2, -0.15) is 0 Å². The lowest BCUT2D eigenvalue weighted by molar-refractivity contribution is -0.130. The van der Waals surface area contributed by atoms with E-state index in [9.17, 15) is 24.2 Å². The van der Waals surface area contributed by atoms with Gasteiger partial charge in [0.1, 0.15) is 0 Å². The molecule has 5 atom stereocenters. The van der Waals surface area contributed by atoms with Crippen molar-refractivity contribution in [1.29, 1.82) is 0 Å². The minimum atomic E-state index is -3.42. The third-order valence-electron chi connectivity index (χ3n) is 6.36. The Labute approximate surface area is 182 Å². The van der Waals surface area contributed by atoms with Crippen LogP contribution >= 0.6 is 7.37 Å². The molecule has 0 aliphatic heterocycles. The molecule has 30 heavy (non-hydrogen) atoms. The summed E-state index contributed by atoms with van der Waals surface area (Å²) in [5, 5.41) is 13.0. The van der Waals surface area contributed by atoms with E-state index in [0.717, 1.165) is 32.1 Å². The van der Waals surface area contributed by atoms with Crippen LogP contribution in [0.3, 0.4) is 0 Å². The molecule has 1 aliphatic carbocycles. The maximum absolute atomic E-state index is 12.7. The predicted molar refractivity (Wildman–Crippen MR) is 121 cm³/mol. The number of carbonyl (C=O) groups excluding carboxylic acids is 2. The molecule has 0 aromatic carbocycles. The van der Waals surface area contributed by atoms with Gasteiger partial charge in [0, 0.05) is 12.6 Å². The zero-order chi connectivity index (χ0) is 22.9. The van der Waals surface area contributed by atoms with Crippen LogP contribution in [0, 0.1) is 17.8 Å². The van der Waals surface area contributed by atoms with Crippen molar-refractivity contribution in [3.8, 4) is 0 Å². The van der Waals surface area contributed by atoms with Gasteiger partial charge in [-0.05, 0) is 37.0 Å². The van der Waals surface area contributed by atoms with Crippen LogP contribution in [0.5, 0.6) is 0 Å². The fraction of sp³-hybridized carbons (Fsp3) is 0.909. The lowest BCUT2D eigenvalue weighted by atomic mass is 9.91. The van der Waals surface area contributed by atoms with Crippen molar-refractivity contribution >= 4 is 19.1 Å². The van der Waals surface area contributed by atoms with Crippen LogP contribution in [0.15, 0.2) is 0 Å². The highest BCUT2D eigenvalue weighted by Crippen LogP contribution is 2.46. The van der Waals surface area contributed by atoms with Crippen LogP contribution in [-0.2, 0) is 14.2 Å². The molecule has 0 heterocycles. The molecule has 0 saturated heterocycles. The van der Waals surface area contributed by atoms with Crippen molar-refractivity contribution in [3.63, 3.8) is 0 Å². The van der Waals surface area contributed by atoms with Crippen molar-refractivity contribution in [2.24, 2.45) is 23.5 Å². The summed E-state index contributed by atoms with van der Waals surface area (Å²) in [6.45, 7) is 7.55. The zero-order valence-electron chi connectivity index (χ0n) is 19.2. The normalized spacial score (nSPS) is 21.5. The van der Waals surface area contributed by atoms with Gasteiger partial charge in [0.15, 0.2) is 5.78 Å². The van der Waals surface area contributed by atoms with Gasteiger partial charge in [0.2, 0.25) is 13.3 Å². The summed E-state index contributed by atoms with van der Waals surface area (Å²) in [7, 11) is -3.42. The Hall–Kier alpha value is -0.750. The molecule has 7 nitrogen and oxygen atoms in total. The van der Waals surface area contributed by atoms with E-state index in [1.54, 1.807) is 0 Å². The highest BCUT2D eigenvalue weighted by molar-refractivity contribution is 7.58. The van der Waals surface area contributed by atoms with E-state index in [1.165, 1.54) is 6.42 Å². The second kappa shape index (κ2) is 12.9. The number of nitrogens with one attached hydrogen (secondary N) is 1. The standard InChI is InChI=1S/C22H43N2O5P/c1-5-16(4)20(23)22(27)24-21(15(2)3)19(26)12-11-18(25)14-30(28,29)13-17-9-7-6-8-10-17/h15-18,20-21,25H,5-14,23H2,1-4H3,(H,24,27)(H,28,29)/t16?,18-,20+,21+/m1/s1. The number of hydrogen-bond acceptors (Lipinski definition) is 5. The van der Waals surface area contributed by atoms with E-state index in [4.69, 9.17) is 5.73 Å². The number of aliphatic hydroxyl groups is 1. The Bertz CT molecular complexity index is 592. The lowest BCUT2D eigenvalue weighted by Gasteiger charge is -2.26. The van der Waals surface area contributed by atoms with Crippen LogP contribution < -0.4 is 11.1 Å². The Morgan fingerprint density at radius 2 is 1.77 bits per heavy atom. The molecule has 1 aliphatic rings. The van der Waals surface area contributed by atoms with E-state index in [2.05, 4.69) is 5.32 Å². The van der Waals surface area contributed by atoms with Crippen LogP contribution in [-0.4, -0.2) is 52.2 Å². The molecule has 176 valence electrons. The number of ketones is 1. The molecule has 5 N–H and O–H groups in total. The highest BCUT2D eigenvalue weighted by Gasteiger charge is 2.31. The first-order valence-corrected chi connectivity index (χ1v) is 13.6. The SMILES string of the molecule is CCC(C)[C@H](N)C(=O)N[C@H](C(=O)CC[C@@H](O)CP(=O)(O)CC1CCCCC1)C(C)C. The van der Waals surface area contributed by atoms with Crippen molar-refractivity contribution in [3.05, 3.63) is 0 Å². The second-order valence-electron chi connectivity index (χ2n) is 9.52. The minimum absolute atomic E-state index is 0.0117. The topological polar surface area (TPSA) is 130 Å². The summed E-state index contributed by atoms with van der Waals surface area (Å²) >= 11 is 0. The van der Waals surface area contributed by atoms with E-state index in [0.29, 0.717) is 0 Å². The quantitative estimate of drug-likeness (QED) is 0.322. The Morgan fingerprint density at radius 3 is 2.30 bits per heavy atom. The first-order valence-electron chi connectivity index (χ1n) is 11.5. The molecule has 0 bridgehead atoms. The van der Waals surface area contributed by atoms with Crippen LogP contribution in [0.2, 0.25) is 0 Å². The van der Waals surface area contributed by atoms with Gasteiger partial charge in [-0.3, -0.25) is 14.2 Å². The molecule has 0 spiro atoms. The number of Topliss-reactive ketones (excluding diaryl/α,β-unsaturated/α-hetero) is 1. The highest BCUT2D eigenvalue weighted by atomic mass is 31.2. The molecule has 0 radical (unpaired) electrons. The van der Waals surface area contributed by atoms with Crippen molar-refractivity contribution in [2.75, 3.05) is 12.3 Å². The van der Waals surface area contributed by atoms with Crippen molar-refractivity contribution in [2.45, 2.75) is 97.2 Å². The third-order valence-corrected chi connectivity index (χ3v) is 8.44. The number of hydrogen-bond donors (Lipinski definition) is 4. The molecule has 1 fully saturated rings. The Kier molecular flexibility index (Phi) is 11.8. The average Bonchev–Trinajstić information content (AvgIpc) is 2.68. The number of rotatable bonds is 13. The van der Waals surface area contributed by atoms with Gasteiger partial charge < -0.3 is 21.1 Å². The molecular weight excluding hydrogens is 403 g/mol. The van der Waals surface area contributed by atoms with Crippen molar-refractivity contribution < 1.29 is 24.2 Å². The molecule has 8 heteroatoms. The fourth-order valence-corrected chi connectivity index (χ4v) is 6.28. The minimum Gasteiger partial charge on any atom is -0.393 e. The molecule has 1 saturated carbocycles. The zero-order valence-corrected chi connectivity index (χ0v) is 20.1.